The molecular formula is C26H32N4O7S2. The second-order valence-electron chi connectivity index (χ2n) is 9.81. The van der Waals surface area contributed by atoms with Gasteiger partial charge < -0.3 is 23.3 Å². The highest BCUT2D eigenvalue weighted by atomic mass is 32.2. The van der Waals surface area contributed by atoms with Crippen LogP contribution >= 0.6 is 11.3 Å². The predicted molar refractivity (Wildman–Crippen MR) is 143 cm³/mol. The van der Waals surface area contributed by atoms with Gasteiger partial charge in [0.2, 0.25) is 12.2 Å². The van der Waals surface area contributed by atoms with Crippen molar-refractivity contribution in [3.63, 3.8) is 0 Å². The van der Waals surface area contributed by atoms with E-state index in [1.807, 2.05) is 30.2 Å². The number of aromatic nitrogens is 3. The summed E-state index contributed by atoms with van der Waals surface area (Å²) in [6, 6.07) is 5.18. The Morgan fingerprint density at radius 3 is 2.41 bits per heavy atom. The van der Waals surface area contributed by atoms with Crippen molar-refractivity contribution in [2.24, 2.45) is 0 Å². The lowest BCUT2D eigenvalue weighted by molar-refractivity contribution is -0.155. The summed E-state index contributed by atoms with van der Waals surface area (Å²) in [4.78, 5) is 19.6. The monoisotopic (exact) mass is 576 g/mol. The number of methoxy groups -OCH3 is 1. The molecular weight excluding hydrogens is 544 g/mol. The molecule has 0 N–H and O–H groups in total. The van der Waals surface area contributed by atoms with Crippen LogP contribution in [0.5, 0.6) is 11.5 Å². The third-order valence-corrected chi connectivity index (χ3v) is 8.44. The Balaban J connectivity index is 1.22. The Kier molecular flexibility index (Phi) is 7.94. The number of piperidine rings is 1. The molecule has 0 aliphatic carbocycles. The second-order valence-corrected chi connectivity index (χ2v) is 12.3. The van der Waals surface area contributed by atoms with Crippen molar-refractivity contribution in [3.05, 3.63) is 56.8 Å². The molecule has 0 radical (unpaired) electrons. The van der Waals surface area contributed by atoms with Gasteiger partial charge in [-0.15, -0.1) is 11.3 Å². The van der Waals surface area contributed by atoms with Crippen LogP contribution in [0.1, 0.15) is 58.3 Å². The first-order chi connectivity index (χ1) is 18.6. The molecule has 0 bridgehead atoms. The fourth-order valence-electron chi connectivity index (χ4n) is 4.97. The Morgan fingerprint density at radius 2 is 1.79 bits per heavy atom. The maximum absolute atomic E-state index is 12.8. The van der Waals surface area contributed by atoms with Crippen molar-refractivity contribution < 1.29 is 31.6 Å². The molecule has 3 aromatic rings. The minimum absolute atomic E-state index is 0.0741. The van der Waals surface area contributed by atoms with Crippen LogP contribution in [0.3, 0.4) is 0 Å². The van der Waals surface area contributed by atoms with E-state index in [1.54, 1.807) is 35.3 Å². The molecule has 2 aromatic heterocycles. The summed E-state index contributed by atoms with van der Waals surface area (Å²) in [6.07, 6.45) is 1.94. The first-order valence-electron chi connectivity index (χ1n) is 12.7. The maximum atomic E-state index is 12.8. The molecule has 5 rings (SSSR count). The molecule has 210 valence electrons. The second kappa shape index (κ2) is 11.2. The van der Waals surface area contributed by atoms with Crippen molar-refractivity contribution in [2.45, 2.75) is 58.7 Å². The Bertz CT molecular complexity index is 1460. The lowest BCUT2D eigenvalue weighted by Gasteiger charge is -2.31. The van der Waals surface area contributed by atoms with Crippen molar-refractivity contribution in [3.8, 4) is 11.5 Å². The molecule has 39 heavy (non-hydrogen) atoms. The Labute approximate surface area is 231 Å². The predicted octanol–water partition coefficient (Wildman–Crippen LogP) is 3.46. The zero-order valence-electron chi connectivity index (χ0n) is 22.4. The average Bonchev–Trinajstić information content (AvgIpc) is 3.42. The number of hydrogen-bond acceptors (Lipinski definition) is 10. The molecule has 1 fully saturated rings. The van der Waals surface area contributed by atoms with E-state index >= 15 is 0 Å². The zero-order chi connectivity index (χ0) is 27.7. The van der Waals surface area contributed by atoms with Gasteiger partial charge in [0, 0.05) is 41.2 Å². The number of amides is 1. The third-order valence-electron chi connectivity index (χ3n) is 6.93. The number of hydrogen-bond donors (Lipinski definition) is 0. The summed E-state index contributed by atoms with van der Waals surface area (Å²) in [5, 5.41) is 7.32. The highest BCUT2D eigenvalue weighted by Crippen LogP contribution is 2.39. The largest absolute Gasteiger partial charge is 0.496 e. The first-order valence-corrected chi connectivity index (χ1v) is 15.4. The number of thiazole rings is 1. The fraction of sp³-hybridized carbons (Fsp3) is 0.500. The van der Waals surface area contributed by atoms with Crippen LogP contribution in [-0.4, -0.2) is 60.4 Å². The smallest absolute Gasteiger partial charge is 0.306 e. The highest BCUT2D eigenvalue weighted by molar-refractivity contribution is 7.86. The number of nitrogens with zero attached hydrogens (tertiary/aromatic N) is 4. The lowest BCUT2D eigenvalue weighted by Crippen LogP contribution is -2.40. The van der Waals surface area contributed by atoms with Gasteiger partial charge in [0.25, 0.3) is 0 Å². The van der Waals surface area contributed by atoms with Gasteiger partial charge in [-0.1, -0.05) is 0 Å². The molecule has 1 atom stereocenters. The van der Waals surface area contributed by atoms with Gasteiger partial charge >= 0.3 is 10.1 Å². The van der Waals surface area contributed by atoms with Gasteiger partial charge in [0.1, 0.15) is 23.7 Å². The number of benzene rings is 1. The molecule has 1 unspecified atom stereocenters. The van der Waals surface area contributed by atoms with Gasteiger partial charge in [-0.05, 0) is 44.9 Å². The van der Waals surface area contributed by atoms with Crippen LogP contribution < -0.4 is 8.92 Å². The summed E-state index contributed by atoms with van der Waals surface area (Å²) in [5.74, 6) is 1.08. The molecule has 0 spiro atoms. The average molecular weight is 577 g/mol. The molecule has 1 amide bonds. The van der Waals surface area contributed by atoms with E-state index in [0.717, 1.165) is 35.5 Å². The van der Waals surface area contributed by atoms with Crippen LogP contribution in [0, 0.1) is 13.8 Å². The van der Waals surface area contributed by atoms with Gasteiger partial charge in [-0.2, -0.15) is 13.5 Å². The number of carbonyl (C=O) groups is 1. The van der Waals surface area contributed by atoms with Crippen molar-refractivity contribution in [1.29, 1.82) is 0 Å². The van der Waals surface area contributed by atoms with E-state index in [9.17, 15) is 13.2 Å². The topological polar surface area (TPSA) is 122 Å². The standard InChI is InChI=1S/C26H32N4O7S2/c1-16-11-17(2)30(28-16)12-24(31)29-9-7-18(8-10-29)25-27-21(15-38-25)26-35-13-19-20(14-36-26)23(37-39(4,32)33)6-5-22(19)34-3/h5-6,11,15,18,26H,7-10,12-14H2,1-4H3. The van der Waals surface area contributed by atoms with E-state index in [4.69, 9.17) is 23.4 Å². The minimum atomic E-state index is -3.72. The number of carbonyl (C=O) groups excluding carboxylic acids is 1. The lowest BCUT2D eigenvalue weighted by atomic mass is 9.97. The normalized spacial score (nSPS) is 18.5. The van der Waals surface area contributed by atoms with Gasteiger partial charge in [-0.3, -0.25) is 9.48 Å². The van der Waals surface area contributed by atoms with Crippen LogP contribution in [0.15, 0.2) is 23.6 Å². The summed E-state index contributed by atoms with van der Waals surface area (Å²) in [5.41, 5.74) is 3.79. The van der Waals surface area contributed by atoms with E-state index < -0.39 is 16.4 Å². The SMILES string of the molecule is COc1ccc(OS(C)(=O)=O)c2c1COC(c1csc(C3CCN(C(=O)Cn4nc(C)cc4C)CC3)n1)OC2. The number of rotatable bonds is 7. The van der Waals surface area contributed by atoms with Gasteiger partial charge in [-0.25, -0.2) is 4.98 Å². The summed E-state index contributed by atoms with van der Waals surface area (Å²) < 4.78 is 48.0. The van der Waals surface area contributed by atoms with E-state index in [1.165, 1.54) is 0 Å². The summed E-state index contributed by atoms with van der Waals surface area (Å²) >= 11 is 1.56. The van der Waals surface area contributed by atoms with Crippen molar-refractivity contribution >= 4 is 27.4 Å². The zero-order valence-corrected chi connectivity index (χ0v) is 24.0. The number of likely N-dealkylation sites (tertiary alicyclic amines) is 1. The molecule has 13 heteroatoms. The number of ether oxygens (including phenoxy) is 3. The van der Waals surface area contributed by atoms with Crippen molar-refractivity contribution in [1.82, 2.24) is 19.7 Å². The summed E-state index contributed by atoms with van der Waals surface area (Å²) in [7, 11) is -2.18. The molecule has 1 saturated heterocycles. The Morgan fingerprint density at radius 1 is 1.13 bits per heavy atom. The van der Waals surface area contributed by atoms with Gasteiger partial charge in [0.05, 0.1) is 37.3 Å². The molecule has 2 aliphatic heterocycles. The van der Waals surface area contributed by atoms with Crippen LogP contribution in [0.2, 0.25) is 0 Å². The fourth-order valence-corrected chi connectivity index (χ4v) is 6.45. The molecule has 2 aliphatic rings. The van der Waals surface area contributed by atoms with Crippen LogP contribution in [0.4, 0.5) is 0 Å². The number of fused-ring (bicyclic) bond motifs is 1. The third kappa shape index (κ3) is 6.26. The van der Waals surface area contributed by atoms with Crippen LogP contribution in [0.25, 0.3) is 0 Å². The van der Waals surface area contributed by atoms with Crippen molar-refractivity contribution in [2.75, 3.05) is 26.5 Å². The maximum Gasteiger partial charge on any atom is 0.306 e. The quantitative estimate of drug-likeness (QED) is 0.389. The summed E-state index contributed by atoms with van der Waals surface area (Å²) in [6.45, 7) is 5.70. The first kappa shape index (κ1) is 27.6. The molecule has 1 aromatic carbocycles. The van der Waals surface area contributed by atoms with E-state index in [0.29, 0.717) is 35.7 Å². The van der Waals surface area contributed by atoms with Gasteiger partial charge in [0.15, 0.2) is 0 Å². The molecule has 11 nitrogen and oxygen atoms in total. The number of aryl methyl sites for hydroxylation is 2. The van der Waals surface area contributed by atoms with E-state index in [-0.39, 0.29) is 37.3 Å². The molecule has 0 saturated carbocycles. The van der Waals surface area contributed by atoms with Crippen LogP contribution in [-0.2, 0) is 44.1 Å². The minimum Gasteiger partial charge on any atom is -0.496 e. The van der Waals surface area contributed by atoms with E-state index in [2.05, 4.69) is 5.10 Å². The Hall–Kier alpha value is -3.00. The molecule has 4 heterocycles. The highest BCUT2D eigenvalue weighted by Gasteiger charge is 2.30.